The molecule has 1 amide bonds. The van der Waals surface area contributed by atoms with Gasteiger partial charge in [-0.2, -0.15) is 10.1 Å². The molecule has 6 N–H and O–H groups in total. The van der Waals surface area contributed by atoms with Gasteiger partial charge in [0, 0.05) is 23.5 Å². The van der Waals surface area contributed by atoms with Gasteiger partial charge in [0.15, 0.2) is 11.2 Å². The largest absolute Gasteiger partial charge is 0.465 e. The smallest absolute Gasteiger partial charge is 0.405 e. The van der Waals surface area contributed by atoms with Crippen LogP contribution in [0.15, 0.2) is 41.3 Å². The number of hydrogen-bond acceptors (Lipinski definition) is 10. The minimum Gasteiger partial charge on any atom is -0.465 e. The van der Waals surface area contributed by atoms with E-state index in [4.69, 9.17) is 26.1 Å². The van der Waals surface area contributed by atoms with E-state index in [0.29, 0.717) is 46.0 Å². The van der Waals surface area contributed by atoms with E-state index in [-0.39, 0.29) is 12.6 Å². The third-order valence-corrected chi connectivity index (χ3v) is 4.72. The first-order valence-corrected chi connectivity index (χ1v) is 9.38. The fraction of sp³-hybridized carbons (Fsp3) is 0.105. The Morgan fingerprint density at radius 2 is 1.97 bits per heavy atom. The van der Waals surface area contributed by atoms with Crippen LogP contribution in [0.1, 0.15) is 11.4 Å². The van der Waals surface area contributed by atoms with Crippen LogP contribution in [-0.2, 0) is 13.1 Å². The van der Waals surface area contributed by atoms with Crippen LogP contribution in [0.4, 0.5) is 16.6 Å². The van der Waals surface area contributed by atoms with Gasteiger partial charge in [-0.1, -0.05) is 0 Å². The molecule has 0 bridgehead atoms. The highest BCUT2D eigenvalue weighted by Crippen LogP contribution is 2.32. The number of rotatable bonds is 5. The van der Waals surface area contributed by atoms with Gasteiger partial charge in [-0.05, 0) is 18.2 Å². The second kappa shape index (κ2) is 7.46. The summed E-state index contributed by atoms with van der Waals surface area (Å²) in [5, 5.41) is 16.2. The van der Waals surface area contributed by atoms with Crippen LogP contribution in [0.2, 0.25) is 0 Å². The van der Waals surface area contributed by atoms with Crippen LogP contribution >= 0.6 is 0 Å². The highest BCUT2D eigenvalue weighted by Gasteiger charge is 2.18. The van der Waals surface area contributed by atoms with Crippen molar-refractivity contribution in [3.8, 4) is 11.3 Å². The summed E-state index contributed by atoms with van der Waals surface area (Å²) in [4.78, 5) is 31.6. The Hall–Kier alpha value is -4.81. The van der Waals surface area contributed by atoms with Crippen molar-refractivity contribution in [2.45, 2.75) is 13.1 Å². The van der Waals surface area contributed by atoms with Crippen molar-refractivity contribution in [2.24, 2.45) is 0 Å². The average Bonchev–Trinajstić information content (AvgIpc) is 3.33. The zero-order valence-electron chi connectivity index (χ0n) is 16.4. The van der Waals surface area contributed by atoms with Crippen molar-refractivity contribution in [2.75, 3.05) is 11.5 Å². The number of benzene rings is 1. The van der Waals surface area contributed by atoms with Gasteiger partial charge in [0.1, 0.15) is 29.2 Å². The van der Waals surface area contributed by atoms with E-state index in [2.05, 4.69) is 30.2 Å². The van der Waals surface area contributed by atoms with Crippen molar-refractivity contribution in [1.29, 1.82) is 0 Å². The molecule has 1 aromatic carbocycles. The van der Waals surface area contributed by atoms with E-state index in [1.54, 1.807) is 29.2 Å². The van der Waals surface area contributed by atoms with E-state index in [9.17, 15) is 4.79 Å². The first kappa shape index (κ1) is 19.2. The Labute approximate surface area is 179 Å². The number of oxazole rings is 1. The minimum absolute atomic E-state index is 0.0171. The molecule has 0 aliphatic carbocycles. The number of carbonyl (C=O) groups is 1. The number of nitrogen functional groups attached to an aromatic ring is 2. The van der Waals surface area contributed by atoms with Crippen molar-refractivity contribution in [3.05, 3.63) is 48.3 Å². The van der Waals surface area contributed by atoms with Gasteiger partial charge in [-0.3, -0.25) is 0 Å². The number of amides is 1. The molecule has 0 atom stereocenters. The summed E-state index contributed by atoms with van der Waals surface area (Å²) in [6.07, 6.45) is 3.44. The molecule has 0 fully saturated rings. The number of aromatic nitrogens is 7. The summed E-state index contributed by atoms with van der Waals surface area (Å²) in [6.45, 7) is 0.335. The average molecular weight is 432 g/mol. The molecule has 0 spiro atoms. The van der Waals surface area contributed by atoms with Crippen LogP contribution in [0.5, 0.6) is 0 Å². The Morgan fingerprint density at radius 3 is 2.75 bits per heavy atom. The molecule has 0 unspecified atom stereocenters. The van der Waals surface area contributed by atoms with Crippen LogP contribution < -0.4 is 16.8 Å². The number of carboxylic acid groups (broad SMARTS) is 1. The monoisotopic (exact) mass is 432 g/mol. The Morgan fingerprint density at radius 1 is 1.16 bits per heavy atom. The van der Waals surface area contributed by atoms with Gasteiger partial charge < -0.3 is 26.3 Å². The van der Waals surface area contributed by atoms with Crippen LogP contribution in [-0.4, -0.2) is 45.9 Å². The highest BCUT2D eigenvalue weighted by atomic mass is 16.4. The Kier molecular flexibility index (Phi) is 4.47. The lowest BCUT2D eigenvalue weighted by molar-refractivity contribution is 0.193. The van der Waals surface area contributed by atoms with Gasteiger partial charge in [0.05, 0.1) is 18.5 Å². The zero-order chi connectivity index (χ0) is 22.2. The van der Waals surface area contributed by atoms with E-state index in [1.807, 2.05) is 6.07 Å². The van der Waals surface area contributed by atoms with E-state index >= 15 is 0 Å². The molecule has 13 nitrogen and oxygen atoms in total. The maximum Gasteiger partial charge on any atom is 0.405 e. The standard InChI is InChI=1S/C19H16N10O3/c20-16-14-15(10-1-2-12-11(3-10)27-18(21)32-12)28-29(17(14)26-8-25-16)7-9-4-22-13(23-5-9)6-24-19(30)31/h1-5,8,24H,6-7H2,(H2,21,27)(H,30,31)(H2,20,25,26). The quantitative estimate of drug-likeness (QED) is 0.313. The summed E-state index contributed by atoms with van der Waals surface area (Å²) in [5.41, 5.74) is 15.6. The summed E-state index contributed by atoms with van der Waals surface area (Å²) >= 11 is 0. The fourth-order valence-corrected chi connectivity index (χ4v) is 3.32. The molecule has 0 aliphatic heterocycles. The summed E-state index contributed by atoms with van der Waals surface area (Å²) < 4.78 is 7.01. The lowest BCUT2D eigenvalue weighted by Gasteiger charge is -2.04. The molecule has 32 heavy (non-hydrogen) atoms. The van der Waals surface area contributed by atoms with Crippen molar-refractivity contribution < 1.29 is 14.3 Å². The maximum atomic E-state index is 10.6. The van der Waals surface area contributed by atoms with Crippen LogP contribution in [0.25, 0.3) is 33.4 Å². The fourth-order valence-electron chi connectivity index (χ4n) is 3.32. The summed E-state index contributed by atoms with van der Waals surface area (Å²) in [6, 6.07) is 5.48. The summed E-state index contributed by atoms with van der Waals surface area (Å²) in [5.74, 6) is 0.649. The first-order valence-electron chi connectivity index (χ1n) is 9.38. The number of nitrogens with zero attached hydrogens (tertiary/aromatic N) is 7. The topological polar surface area (TPSA) is 197 Å². The SMILES string of the molecule is Nc1nc2cc(-c3nn(Cc4cnc(CNC(=O)O)nc4)c4ncnc(N)c34)ccc2o1. The Bertz CT molecular complexity index is 1460. The molecule has 160 valence electrons. The molecular weight excluding hydrogens is 416 g/mol. The summed E-state index contributed by atoms with van der Waals surface area (Å²) in [7, 11) is 0. The van der Waals surface area contributed by atoms with Crippen LogP contribution in [0, 0.1) is 0 Å². The molecule has 5 aromatic rings. The van der Waals surface area contributed by atoms with Crippen molar-refractivity contribution in [3.63, 3.8) is 0 Å². The first-order chi connectivity index (χ1) is 15.5. The molecule has 0 aliphatic rings. The zero-order valence-corrected chi connectivity index (χ0v) is 16.4. The molecular formula is C19H16N10O3. The minimum atomic E-state index is -1.14. The van der Waals surface area contributed by atoms with Gasteiger partial charge in [0.25, 0.3) is 6.01 Å². The number of hydrogen-bond donors (Lipinski definition) is 4. The van der Waals surface area contributed by atoms with Gasteiger partial charge in [0.2, 0.25) is 0 Å². The van der Waals surface area contributed by atoms with Gasteiger partial charge in [-0.25, -0.2) is 29.4 Å². The van der Waals surface area contributed by atoms with Gasteiger partial charge >= 0.3 is 6.09 Å². The maximum absolute atomic E-state index is 10.6. The van der Waals surface area contributed by atoms with E-state index < -0.39 is 6.09 Å². The molecule has 0 saturated carbocycles. The van der Waals surface area contributed by atoms with Crippen LogP contribution in [0.3, 0.4) is 0 Å². The third-order valence-electron chi connectivity index (χ3n) is 4.72. The second-order valence-corrected chi connectivity index (χ2v) is 6.86. The highest BCUT2D eigenvalue weighted by molar-refractivity contribution is 5.99. The molecule has 5 rings (SSSR count). The molecule has 0 saturated heterocycles. The lowest BCUT2D eigenvalue weighted by atomic mass is 10.1. The number of anilines is 2. The second-order valence-electron chi connectivity index (χ2n) is 6.86. The normalized spacial score (nSPS) is 11.2. The molecule has 4 aromatic heterocycles. The van der Waals surface area contributed by atoms with E-state index in [1.165, 1.54) is 6.33 Å². The number of nitrogens with one attached hydrogen (secondary N) is 1. The predicted octanol–water partition coefficient (Wildman–Crippen LogP) is 1.40. The number of nitrogens with two attached hydrogens (primary N) is 2. The molecule has 13 heteroatoms. The predicted molar refractivity (Wildman–Crippen MR) is 113 cm³/mol. The number of fused-ring (bicyclic) bond motifs is 2. The molecule has 0 radical (unpaired) electrons. The lowest BCUT2D eigenvalue weighted by Crippen LogP contribution is -2.21. The van der Waals surface area contributed by atoms with Crippen molar-refractivity contribution >= 4 is 40.1 Å². The van der Waals surface area contributed by atoms with Gasteiger partial charge in [-0.15, -0.1) is 0 Å². The van der Waals surface area contributed by atoms with E-state index in [0.717, 1.165) is 11.1 Å². The third kappa shape index (κ3) is 3.47. The van der Waals surface area contributed by atoms with Crippen molar-refractivity contribution in [1.82, 2.24) is 40.0 Å². The Balaban J connectivity index is 1.53. The molecule has 4 heterocycles.